The Hall–Kier alpha value is -0.620. The van der Waals surface area contributed by atoms with Gasteiger partial charge in [-0.15, -0.1) is 17.0 Å². The highest BCUT2D eigenvalue weighted by Crippen LogP contribution is 2.24. The number of anilines is 1. The summed E-state index contributed by atoms with van der Waals surface area (Å²) in [5.74, 6) is 0. The van der Waals surface area contributed by atoms with Crippen molar-refractivity contribution in [2.45, 2.75) is 0 Å². The minimum Gasteiger partial charge on any atom is -0.398 e. The summed E-state index contributed by atoms with van der Waals surface area (Å²) >= 11 is 3.08. The predicted molar refractivity (Wildman–Crippen MR) is 55.5 cm³/mol. The zero-order valence-corrected chi connectivity index (χ0v) is 9.16. The van der Waals surface area contributed by atoms with E-state index in [2.05, 4.69) is 15.9 Å². The fourth-order valence-corrected chi connectivity index (χ4v) is 0.996. The molecule has 66 valence electrons. The number of hydrogen-bond donors (Lipinski definition) is 1. The van der Waals surface area contributed by atoms with E-state index in [1.807, 2.05) is 0 Å². The van der Waals surface area contributed by atoms with E-state index >= 15 is 0 Å². The predicted octanol–water partition coefficient (Wildman–Crippen LogP) is 2.52. The zero-order valence-electron chi connectivity index (χ0n) is 5.86. The molecule has 0 spiro atoms. The van der Waals surface area contributed by atoms with Crippen molar-refractivity contribution < 1.29 is 4.92 Å². The van der Waals surface area contributed by atoms with Crippen LogP contribution in [0.2, 0.25) is 0 Å². The van der Waals surface area contributed by atoms with Gasteiger partial charge in [0, 0.05) is 22.3 Å². The first-order chi connectivity index (χ1) is 5.11. The Kier molecular flexibility index (Phi) is 4.19. The summed E-state index contributed by atoms with van der Waals surface area (Å²) in [6.07, 6.45) is 0. The molecule has 4 nitrogen and oxygen atoms in total. The Bertz CT molecular complexity index is 304. The molecule has 0 heterocycles. The number of benzene rings is 1. The van der Waals surface area contributed by atoms with Gasteiger partial charge in [0.1, 0.15) is 0 Å². The maximum atomic E-state index is 10.2. The Balaban J connectivity index is 0.00000121. The fraction of sp³-hybridized carbons (Fsp3) is 0. The van der Waals surface area contributed by atoms with Gasteiger partial charge in [-0.1, -0.05) is 0 Å². The van der Waals surface area contributed by atoms with Gasteiger partial charge in [-0.25, -0.2) is 0 Å². The maximum Gasteiger partial charge on any atom is 0.270 e. The van der Waals surface area contributed by atoms with E-state index < -0.39 is 4.92 Å². The summed E-state index contributed by atoms with van der Waals surface area (Å²) in [5.41, 5.74) is 5.95. The van der Waals surface area contributed by atoms with Crippen molar-refractivity contribution in [3.8, 4) is 0 Å². The monoisotopic (exact) mass is 296 g/mol. The van der Waals surface area contributed by atoms with Crippen LogP contribution in [0.1, 0.15) is 0 Å². The van der Waals surface area contributed by atoms with Crippen LogP contribution in [0.3, 0.4) is 0 Å². The molecule has 0 radical (unpaired) electrons. The molecule has 1 aromatic carbocycles. The molecule has 0 saturated carbocycles. The lowest BCUT2D eigenvalue weighted by molar-refractivity contribution is -0.384. The molecule has 0 atom stereocenters. The van der Waals surface area contributed by atoms with E-state index in [1.165, 1.54) is 18.2 Å². The minimum absolute atomic E-state index is 0. The molecule has 0 bridgehead atoms. The van der Waals surface area contributed by atoms with Crippen molar-refractivity contribution in [3.63, 3.8) is 0 Å². The Morgan fingerprint density at radius 1 is 1.50 bits per heavy atom. The lowest BCUT2D eigenvalue weighted by Crippen LogP contribution is -1.90. The molecule has 0 unspecified atom stereocenters. The van der Waals surface area contributed by atoms with E-state index in [9.17, 15) is 10.1 Å². The van der Waals surface area contributed by atoms with Crippen LogP contribution >= 0.6 is 32.9 Å². The summed E-state index contributed by atoms with van der Waals surface area (Å²) in [6.45, 7) is 0. The first-order valence-corrected chi connectivity index (χ1v) is 3.60. The summed E-state index contributed by atoms with van der Waals surface area (Å²) in [7, 11) is 0. The van der Waals surface area contributed by atoms with E-state index in [1.54, 1.807) is 0 Å². The second kappa shape index (κ2) is 4.42. The largest absolute Gasteiger partial charge is 0.398 e. The SMILES string of the molecule is Br.Nc1ccc([N+](=O)[O-])cc1Br. The number of non-ortho nitro benzene ring substituents is 1. The molecular formula is C6H6Br2N2O2. The van der Waals surface area contributed by atoms with Gasteiger partial charge in [0.2, 0.25) is 0 Å². The molecule has 0 aliphatic rings. The van der Waals surface area contributed by atoms with E-state index in [4.69, 9.17) is 5.73 Å². The average molecular weight is 298 g/mol. The van der Waals surface area contributed by atoms with Crippen molar-refractivity contribution in [2.24, 2.45) is 0 Å². The molecule has 0 aliphatic heterocycles. The van der Waals surface area contributed by atoms with Crippen LogP contribution in [0.25, 0.3) is 0 Å². The number of nitro groups is 1. The average Bonchev–Trinajstić information content (AvgIpc) is 1.94. The minimum atomic E-state index is -0.468. The second-order valence-electron chi connectivity index (χ2n) is 1.96. The lowest BCUT2D eigenvalue weighted by atomic mass is 10.3. The number of nitro benzene ring substituents is 1. The smallest absolute Gasteiger partial charge is 0.270 e. The molecule has 1 rings (SSSR count). The Morgan fingerprint density at radius 3 is 2.50 bits per heavy atom. The van der Waals surface area contributed by atoms with Crippen molar-refractivity contribution in [2.75, 3.05) is 5.73 Å². The summed E-state index contributed by atoms with van der Waals surface area (Å²) in [5, 5.41) is 10.2. The molecule has 1 aromatic rings. The number of nitrogen functional groups attached to an aromatic ring is 1. The quantitative estimate of drug-likeness (QED) is 0.492. The van der Waals surface area contributed by atoms with E-state index in [0.717, 1.165) is 0 Å². The number of nitrogens with zero attached hydrogens (tertiary/aromatic N) is 1. The first-order valence-electron chi connectivity index (χ1n) is 2.80. The van der Waals surface area contributed by atoms with Crippen LogP contribution in [0.15, 0.2) is 22.7 Å². The molecule has 0 aliphatic carbocycles. The second-order valence-corrected chi connectivity index (χ2v) is 2.82. The van der Waals surface area contributed by atoms with Gasteiger partial charge in [-0.2, -0.15) is 0 Å². The summed E-state index contributed by atoms with van der Waals surface area (Å²) in [6, 6.07) is 4.22. The topological polar surface area (TPSA) is 69.2 Å². The molecular weight excluding hydrogens is 292 g/mol. The third-order valence-electron chi connectivity index (χ3n) is 1.19. The van der Waals surface area contributed by atoms with Crippen LogP contribution in [-0.4, -0.2) is 4.92 Å². The van der Waals surface area contributed by atoms with Crippen LogP contribution < -0.4 is 5.73 Å². The first kappa shape index (κ1) is 11.4. The molecule has 0 fully saturated rings. The van der Waals surface area contributed by atoms with Gasteiger partial charge < -0.3 is 5.73 Å². The third kappa shape index (κ3) is 2.46. The highest BCUT2D eigenvalue weighted by molar-refractivity contribution is 9.10. The summed E-state index contributed by atoms with van der Waals surface area (Å²) < 4.78 is 0.548. The van der Waals surface area contributed by atoms with E-state index in [0.29, 0.717) is 10.2 Å². The highest BCUT2D eigenvalue weighted by atomic mass is 79.9. The van der Waals surface area contributed by atoms with Gasteiger partial charge in [0.05, 0.1) is 4.92 Å². The van der Waals surface area contributed by atoms with Crippen molar-refractivity contribution >= 4 is 44.3 Å². The van der Waals surface area contributed by atoms with Gasteiger partial charge in [-0.05, 0) is 22.0 Å². The molecule has 6 heteroatoms. The van der Waals surface area contributed by atoms with Crippen molar-refractivity contribution in [1.82, 2.24) is 0 Å². The van der Waals surface area contributed by atoms with Crippen LogP contribution in [0, 0.1) is 10.1 Å². The van der Waals surface area contributed by atoms with Gasteiger partial charge in [0.25, 0.3) is 5.69 Å². The zero-order chi connectivity index (χ0) is 8.43. The molecule has 12 heavy (non-hydrogen) atoms. The number of halogens is 2. The number of rotatable bonds is 1. The van der Waals surface area contributed by atoms with Crippen LogP contribution in [0.5, 0.6) is 0 Å². The van der Waals surface area contributed by atoms with Crippen molar-refractivity contribution in [3.05, 3.63) is 32.8 Å². The van der Waals surface area contributed by atoms with Crippen LogP contribution in [0.4, 0.5) is 11.4 Å². The molecule has 0 saturated heterocycles. The van der Waals surface area contributed by atoms with Gasteiger partial charge >= 0.3 is 0 Å². The summed E-state index contributed by atoms with van der Waals surface area (Å²) in [4.78, 5) is 9.74. The normalized spacial score (nSPS) is 8.75. The highest BCUT2D eigenvalue weighted by Gasteiger charge is 2.06. The lowest BCUT2D eigenvalue weighted by Gasteiger charge is -1.95. The van der Waals surface area contributed by atoms with Crippen molar-refractivity contribution in [1.29, 1.82) is 0 Å². The van der Waals surface area contributed by atoms with Gasteiger partial charge in [0.15, 0.2) is 0 Å². The fourth-order valence-electron chi connectivity index (χ4n) is 0.630. The van der Waals surface area contributed by atoms with E-state index in [-0.39, 0.29) is 22.7 Å². The number of hydrogen-bond acceptors (Lipinski definition) is 3. The van der Waals surface area contributed by atoms with Gasteiger partial charge in [-0.3, -0.25) is 10.1 Å². The van der Waals surface area contributed by atoms with Crippen LogP contribution in [-0.2, 0) is 0 Å². The molecule has 2 N–H and O–H groups in total. The Morgan fingerprint density at radius 2 is 2.08 bits per heavy atom. The molecule has 0 aromatic heterocycles. The standard InChI is InChI=1S/C6H5BrN2O2.BrH/c7-5-3-4(9(10)11)1-2-6(5)8;/h1-3H,8H2;1H. The maximum absolute atomic E-state index is 10.2. The Labute approximate surface area is 87.8 Å². The number of nitrogens with two attached hydrogens (primary N) is 1. The molecule has 0 amide bonds. The third-order valence-corrected chi connectivity index (χ3v) is 1.88.